The standard InChI is InChI=1S/C17H15N3O3S2/c1-3-12-19-20-16(25-12)13-14(21)11(24-15(13)18)8-9-4-6-10(7-5-9)17(22)23-2/h4-8,13,18H,3H2,1-2H3/b11-8-,18-15?/t13-/m0/s1. The van der Waals surface area contributed by atoms with Crippen LogP contribution in [-0.2, 0) is 16.0 Å². The van der Waals surface area contributed by atoms with E-state index >= 15 is 0 Å². The van der Waals surface area contributed by atoms with E-state index in [9.17, 15) is 9.59 Å². The van der Waals surface area contributed by atoms with Gasteiger partial charge in [0.1, 0.15) is 15.9 Å². The number of ether oxygens (including phenoxy) is 1. The number of rotatable bonds is 4. The van der Waals surface area contributed by atoms with Crippen molar-refractivity contribution < 1.29 is 14.3 Å². The van der Waals surface area contributed by atoms with Gasteiger partial charge in [-0.1, -0.05) is 30.8 Å². The maximum Gasteiger partial charge on any atom is 0.337 e. The van der Waals surface area contributed by atoms with Crippen molar-refractivity contribution in [3.8, 4) is 0 Å². The summed E-state index contributed by atoms with van der Waals surface area (Å²) in [5.74, 6) is -1.19. The third-order valence-electron chi connectivity index (χ3n) is 3.65. The number of methoxy groups -OCH3 is 1. The Balaban J connectivity index is 1.83. The SMILES string of the molecule is CCc1nnc([C@@H]2C(=N)S/C(=C\c3ccc(C(=O)OC)cc3)C2=O)s1. The number of aromatic nitrogens is 2. The van der Waals surface area contributed by atoms with Gasteiger partial charge in [-0.05, 0) is 30.2 Å². The zero-order chi connectivity index (χ0) is 18.0. The quantitative estimate of drug-likeness (QED) is 0.653. The van der Waals surface area contributed by atoms with Crippen molar-refractivity contribution >= 4 is 46.0 Å². The molecule has 2 aromatic rings. The third kappa shape index (κ3) is 3.54. The second kappa shape index (κ2) is 7.28. The summed E-state index contributed by atoms with van der Waals surface area (Å²) < 4.78 is 4.66. The minimum atomic E-state index is -0.650. The Bertz CT molecular complexity index is 872. The highest BCUT2D eigenvalue weighted by Crippen LogP contribution is 2.41. The van der Waals surface area contributed by atoms with Crippen molar-refractivity contribution in [2.24, 2.45) is 0 Å². The zero-order valence-corrected chi connectivity index (χ0v) is 15.2. The monoisotopic (exact) mass is 373 g/mol. The van der Waals surface area contributed by atoms with Crippen molar-refractivity contribution in [3.63, 3.8) is 0 Å². The van der Waals surface area contributed by atoms with Gasteiger partial charge in [0, 0.05) is 0 Å². The molecule has 2 heterocycles. The van der Waals surface area contributed by atoms with Crippen molar-refractivity contribution in [2.75, 3.05) is 7.11 Å². The molecule has 128 valence electrons. The largest absolute Gasteiger partial charge is 0.465 e. The Morgan fingerprint density at radius 1 is 1.32 bits per heavy atom. The molecular formula is C17H15N3O3S2. The molecule has 0 unspecified atom stereocenters. The number of aryl methyl sites for hydroxylation is 1. The molecular weight excluding hydrogens is 358 g/mol. The molecule has 1 aliphatic heterocycles. The van der Waals surface area contributed by atoms with E-state index in [2.05, 4.69) is 14.9 Å². The number of hydrogen-bond acceptors (Lipinski definition) is 8. The molecule has 0 amide bonds. The minimum absolute atomic E-state index is 0.133. The lowest BCUT2D eigenvalue weighted by Crippen LogP contribution is -2.11. The Morgan fingerprint density at radius 3 is 2.64 bits per heavy atom. The van der Waals surface area contributed by atoms with Gasteiger partial charge in [0.2, 0.25) is 0 Å². The summed E-state index contributed by atoms with van der Waals surface area (Å²) in [6, 6.07) is 6.77. The zero-order valence-electron chi connectivity index (χ0n) is 13.6. The highest BCUT2D eigenvalue weighted by atomic mass is 32.2. The van der Waals surface area contributed by atoms with E-state index in [1.807, 2.05) is 6.92 Å². The Morgan fingerprint density at radius 2 is 2.04 bits per heavy atom. The van der Waals surface area contributed by atoms with Gasteiger partial charge in [0.05, 0.1) is 22.6 Å². The van der Waals surface area contributed by atoms with E-state index in [1.54, 1.807) is 30.3 Å². The topological polar surface area (TPSA) is 93.0 Å². The fourth-order valence-electron chi connectivity index (χ4n) is 2.32. The molecule has 1 aliphatic rings. The van der Waals surface area contributed by atoms with Gasteiger partial charge in [0.15, 0.2) is 5.78 Å². The number of benzene rings is 1. The van der Waals surface area contributed by atoms with Crippen molar-refractivity contribution in [3.05, 3.63) is 50.3 Å². The maximum absolute atomic E-state index is 12.7. The average molecular weight is 373 g/mol. The van der Waals surface area contributed by atoms with E-state index in [0.717, 1.165) is 28.8 Å². The molecule has 1 saturated heterocycles. The number of Topliss-reactive ketones (excluding diaryl/α,β-unsaturated/α-hetero) is 1. The van der Waals surface area contributed by atoms with Gasteiger partial charge in [-0.2, -0.15) is 0 Å². The van der Waals surface area contributed by atoms with Gasteiger partial charge in [-0.3, -0.25) is 10.2 Å². The van der Waals surface area contributed by atoms with Crippen molar-refractivity contribution in [2.45, 2.75) is 19.3 Å². The van der Waals surface area contributed by atoms with Crippen LogP contribution < -0.4 is 0 Å². The van der Waals surface area contributed by atoms with E-state index < -0.39 is 11.9 Å². The van der Waals surface area contributed by atoms with E-state index in [4.69, 9.17) is 5.41 Å². The molecule has 8 heteroatoms. The first-order chi connectivity index (χ1) is 12.0. The molecule has 1 N–H and O–H groups in total. The van der Waals surface area contributed by atoms with E-state index in [1.165, 1.54) is 18.4 Å². The fraction of sp³-hybridized carbons (Fsp3) is 0.235. The Labute approximate surface area is 152 Å². The van der Waals surface area contributed by atoms with Crippen LogP contribution in [-0.4, -0.2) is 34.1 Å². The highest BCUT2D eigenvalue weighted by Gasteiger charge is 2.39. The molecule has 3 rings (SSSR count). The molecule has 25 heavy (non-hydrogen) atoms. The molecule has 0 radical (unpaired) electrons. The number of ketones is 1. The summed E-state index contributed by atoms with van der Waals surface area (Å²) in [5.41, 5.74) is 1.23. The van der Waals surface area contributed by atoms with Gasteiger partial charge in [0.25, 0.3) is 0 Å². The molecule has 1 fully saturated rings. The maximum atomic E-state index is 12.7. The number of nitrogens with one attached hydrogen (secondary N) is 1. The van der Waals surface area contributed by atoms with Gasteiger partial charge in [-0.25, -0.2) is 4.79 Å². The van der Waals surface area contributed by atoms with Crippen LogP contribution in [0.2, 0.25) is 0 Å². The molecule has 1 atom stereocenters. The first-order valence-electron chi connectivity index (χ1n) is 7.56. The summed E-state index contributed by atoms with van der Waals surface area (Å²) in [6.07, 6.45) is 2.48. The minimum Gasteiger partial charge on any atom is -0.465 e. The second-order valence-electron chi connectivity index (χ2n) is 5.27. The fourth-order valence-corrected chi connectivity index (χ4v) is 4.28. The van der Waals surface area contributed by atoms with Gasteiger partial charge in [-0.15, -0.1) is 21.5 Å². The molecule has 0 spiro atoms. The van der Waals surface area contributed by atoms with Gasteiger partial charge < -0.3 is 4.74 Å². The number of nitrogens with zero attached hydrogens (tertiary/aromatic N) is 2. The number of carbonyl (C=O) groups is 2. The van der Waals surface area contributed by atoms with E-state index in [0.29, 0.717) is 15.5 Å². The lowest BCUT2D eigenvalue weighted by molar-refractivity contribution is -0.114. The molecule has 0 bridgehead atoms. The lowest BCUT2D eigenvalue weighted by atomic mass is 10.0. The van der Waals surface area contributed by atoms with Crippen LogP contribution in [0.25, 0.3) is 6.08 Å². The lowest BCUT2D eigenvalue weighted by Gasteiger charge is -2.01. The van der Waals surface area contributed by atoms with Crippen LogP contribution in [0.15, 0.2) is 29.2 Å². The number of allylic oxidation sites excluding steroid dienone is 1. The number of thioether (sulfide) groups is 1. The van der Waals surface area contributed by atoms with Crippen LogP contribution in [0.1, 0.15) is 38.8 Å². The summed E-state index contributed by atoms with van der Waals surface area (Å²) in [6.45, 7) is 1.98. The van der Waals surface area contributed by atoms with Gasteiger partial charge >= 0.3 is 5.97 Å². The number of carbonyl (C=O) groups excluding carboxylic acids is 2. The molecule has 0 aliphatic carbocycles. The second-order valence-corrected chi connectivity index (χ2v) is 7.45. The van der Waals surface area contributed by atoms with Crippen molar-refractivity contribution in [1.29, 1.82) is 5.41 Å². The predicted octanol–water partition coefficient (Wildman–Crippen LogP) is 3.30. The highest BCUT2D eigenvalue weighted by molar-refractivity contribution is 8.19. The first kappa shape index (κ1) is 17.5. The number of hydrogen-bond donors (Lipinski definition) is 1. The summed E-state index contributed by atoms with van der Waals surface area (Å²) >= 11 is 2.52. The smallest absolute Gasteiger partial charge is 0.337 e. The number of esters is 1. The first-order valence-corrected chi connectivity index (χ1v) is 9.19. The van der Waals surface area contributed by atoms with Crippen LogP contribution in [0.5, 0.6) is 0 Å². The van der Waals surface area contributed by atoms with Crippen molar-refractivity contribution in [1.82, 2.24) is 10.2 Å². The molecule has 1 aromatic heterocycles. The predicted molar refractivity (Wildman–Crippen MR) is 98.1 cm³/mol. The summed E-state index contributed by atoms with van der Waals surface area (Å²) in [5, 5.41) is 17.9. The molecule has 6 nitrogen and oxygen atoms in total. The van der Waals surface area contributed by atoms with Crippen LogP contribution >= 0.6 is 23.1 Å². The summed E-state index contributed by atoms with van der Waals surface area (Å²) in [4.78, 5) is 24.6. The van der Waals surface area contributed by atoms with Crippen LogP contribution in [0.3, 0.4) is 0 Å². The van der Waals surface area contributed by atoms with Crippen LogP contribution in [0, 0.1) is 5.41 Å². The average Bonchev–Trinajstić information content (AvgIpc) is 3.19. The Hall–Kier alpha value is -2.32. The third-order valence-corrected chi connectivity index (χ3v) is 5.78. The Kier molecular flexibility index (Phi) is 5.10. The summed E-state index contributed by atoms with van der Waals surface area (Å²) in [7, 11) is 1.33. The normalized spacial score (nSPS) is 18.8. The molecule has 0 saturated carbocycles. The van der Waals surface area contributed by atoms with E-state index in [-0.39, 0.29) is 10.8 Å². The molecule has 1 aromatic carbocycles. The van der Waals surface area contributed by atoms with Crippen LogP contribution in [0.4, 0.5) is 0 Å².